The van der Waals surface area contributed by atoms with E-state index in [-0.39, 0.29) is 11.7 Å². The van der Waals surface area contributed by atoms with Crippen molar-refractivity contribution in [3.05, 3.63) is 57.5 Å². The monoisotopic (exact) mass is 440 g/mol. The molecule has 0 saturated heterocycles. The first-order chi connectivity index (χ1) is 13.0. The maximum Gasteiger partial charge on any atom is 0.234 e. The highest BCUT2D eigenvalue weighted by atomic mass is 35.5. The zero-order valence-corrected chi connectivity index (χ0v) is 17.3. The predicted molar refractivity (Wildman–Crippen MR) is 112 cm³/mol. The summed E-state index contributed by atoms with van der Waals surface area (Å²) in [6.45, 7) is 2.63. The molecule has 0 aliphatic carbocycles. The van der Waals surface area contributed by atoms with Crippen LogP contribution < -0.4 is 5.32 Å². The van der Waals surface area contributed by atoms with Crippen molar-refractivity contribution in [2.45, 2.75) is 18.6 Å². The number of halogens is 3. The minimum atomic E-state index is -0.171. The minimum absolute atomic E-state index is 0.171. The van der Waals surface area contributed by atoms with E-state index in [0.717, 1.165) is 5.56 Å². The van der Waals surface area contributed by atoms with Gasteiger partial charge in [0.1, 0.15) is 0 Å². The van der Waals surface area contributed by atoms with Gasteiger partial charge in [-0.1, -0.05) is 58.7 Å². The Bertz CT molecular complexity index is 977. The number of rotatable bonds is 6. The van der Waals surface area contributed by atoms with Crippen LogP contribution in [0.2, 0.25) is 15.1 Å². The summed E-state index contributed by atoms with van der Waals surface area (Å²) in [5.41, 5.74) is 1.39. The number of para-hydroxylation sites is 1. The van der Waals surface area contributed by atoms with Crippen molar-refractivity contribution < 1.29 is 4.79 Å². The van der Waals surface area contributed by atoms with Crippen molar-refractivity contribution in [1.29, 1.82) is 0 Å². The van der Waals surface area contributed by atoms with Gasteiger partial charge in [-0.05, 0) is 37.3 Å². The molecule has 1 heterocycles. The van der Waals surface area contributed by atoms with Crippen molar-refractivity contribution in [3.8, 4) is 11.4 Å². The second kappa shape index (κ2) is 8.97. The number of anilines is 1. The van der Waals surface area contributed by atoms with E-state index in [2.05, 4.69) is 15.5 Å². The Hall–Kier alpha value is -1.73. The highest BCUT2D eigenvalue weighted by Crippen LogP contribution is 2.30. The van der Waals surface area contributed by atoms with Crippen molar-refractivity contribution in [3.63, 3.8) is 0 Å². The van der Waals surface area contributed by atoms with Gasteiger partial charge < -0.3 is 9.88 Å². The summed E-state index contributed by atoms with van der Waals surface area (Å²) in [6.07, 6.45) is 0. The van der Waals surface area contributed by atoms with Crippen LogP contribution in [0.15, 0.2) is 47.6 Å². The Morgan fingerprint density at radius 3 is 2.56 bits per heavy atom. The van der Waals surface area contributed by atoms with Gasteiger partial charge in [-0.25, -0.2) is 0 Å². The average molecular weight is 442 g/mol. The molecule has 0 saturated carbocycles. The number of aromatic nitrogens is 3. The molecule has 2 aromatic carbocycles. The zero-order chi connectivity index (χ0) is 19.4. The molecule has 0 bridgehead atoms. The molecule has 9 heteroatoms. The summed E-state index contributed by atoms with van der Waals surface area (Å²) >= 11 is 19.4. The molecule has 0 spiro atoms. The van der Waals surface area contributed by atoms with E-state index in [0.29, 0.717) is 38.3 Å². The van der Waals surface area contributed by atoms with Gasteiger partial charge in [-0.15, -0.1) is 10.2 Å². The SMILES string of the molecule is CCn1c(SCC(=O)Nc2ccccc2Cl)nnc1-c1ccc(Cl)c(Cl)c1. The zero-order valence-electron chi connectivity index (χ0n) is 14.2. The number of carbonyl (C=O) groups excluding carboxylic acids is 1. The lowest BCUT2D eigenvalue weighted by Crippen LogP contribution is -2.15. The molecule has 3 rings (SSSR count). The fourth-order valence-electron chi connectivity index (χ4n) is 2.41. The normalized spacial score (nSPS) is 10.8. The summed E-state index contributed by atoms with van der Waals surface area (Å²) in [4.78, 5) is 12.2. The Kier molecular flexibility index (Phi) is 6.65. The van der Waals surface area contributed by atoms with Crippen LogP contribution in [0.25, 0.3) is 11.4 Å². The Morgan fingerprint density at radius 1 is 1.07 bits per heavy atom. The van der Waals surface area contributed by atoms with Crippen LogP contribution in [0.5, 0.6) is 0 Å². The third kappa shape index (κ3) is 4.76. The number of amides is 1. The Morgan fingerprint density at radius 2 is 1.85 bits per heavy atom. The van der Waals surface area contributed by atoms with Crippen LogP contribution in [-0.2, 0) is 11.3 Å². The maximum atomic E-state index is 12.2. The molecule has 0 atom stereocenters. The Labute approximate surface area is 176 Å². The van der Waals surface area contributed by atoms with Crippen LogP contribution in [0.4, 0.5) is 5.69 Å². The van der Waals surface area contributed by atoms with Crippen LogP contribution in [0.3, 0.4) is 0 Å². The van der Waals surface area contributed by atoms with Crippen molar-refractivity contribution in [2.75, 3.05) is 11.1 Å². The summed E-state index contributed by atoms with van der Waals surface area (Å²) in [6, 6.07) is 12.4. The number of hydrogen-bond acceptors (Lipinski definition) is 4. The molecule has 1 aromatic heterocycles. The highest BCUT2D eigenvalue weighted by molar-refractivity contribution is 7.99. The summed E-state index contributed by atoms with van der Waals surface area (Å²) in [5, 5.41) is 13.3. The lowest BCUT2D eigenvalue weighted by molar-refractivity contribution is -0.113. The average Bonchev–Trinajstić information content (AvgIpc) is 3.07. The number of benzene rings is 2. The van der Waals surface area contributed by atoms with E-state index in [4.69, 9.17) is 34.8 Å². The maximum absolute atomic E-state index is 12.2. The fourth-order valence-corrected chi connectivity index (χ4v) is 3.69. The number of carbonyl (C=O) groups is 1. The molecular formula is C18H15Cl3N4OS. The third-order valence-electron chi connectivity index (χ3n) is 3.69. The number of thioether (sulfide) groups is 1. The molecular weight excluding hydrogens is 427 g/mol. The molecule has 1 amide bonds. The summed E-state index contributed by atoms with van der Waals surface area (Å²) in [5.74, 6) is 0.685. The van der Waals surface area contributed by atoms with E-state index < -0.39 is 0 Å². The molecule has 27 heavy (non-hydrogen) atoms. The second-order valence-corrected chi connectivity index (χ2v) is 7.66. The molecule has 0 unspecified atom stereocenters. The molecule has 0 aliphatic rings. The number of nitrogens with zero attached hydrogens (tertiary/aromatic N) is 3. The fraction of sp³-hybridized carbons (Fsp3) is 0.167. The first-order valence-corrected chi connectivity index (χ1v) is 10.2. The van der Waals surface area contributed by atoms with Crippen molar-refractivity contribution >= 4 is 58.2 Å². The third-order valence-corrected chi connectivity index (χ3v) is 5.73. The largest absolute Gasteiger partial charge is 0.324 e. The quantitative estimate of drug-likeness (QED) is 0.502. The highest BCUT2D eigenvalue weighted by Gasteiger charge is 2.16. The van der Waals surface area contributed by atoms with Crippen molar-refractivity contribution in [1.82, 2.24) is 14.8 Å². The van der Waals surface area contributed by atoms with E-state index in [1.807, 2.05) is 23.6 Å². The topological polar surface area (TPSA) is 59.8 Å². The van der Waals surface area contributed by atoms with Gasteiger partial charge in [0.2, 0.25) is 5.91 Å². The Balaban J connectivity index is 1.72. The first kappa shape index (κ1) is 20.0. The molecule has 0 fully saturated rings. The molecule has 0 aliphatic heterocycles. The van der Waals surface area contributed by atoms with E-state index in [9.17, 15) is 4.79 Å². The molecule has 0 radical (unpaired) electrons. The number of hydrogen-bond donors (Lipinski definition) is 1. The van der Waals surface area contributed by atoms with Gasteiger partial charge in [0.05, 0.1) is 26.5 Å². The standard InChI is InChI=1S/C18H15Cl3N4OS/c1-2-25-17(11-7-8-12(19)14(21)9-11)23-24-18(25)27-10-16(26)22-15-6-4-3-5-13(15)20/h3-9H,2,10H2,1H3,(H,22,26). The van der Waals surface area contributed by atoms with Gasteiger partial charge in [0.15, 0.2) is 11.0 Å². The molecule has 3 aromatic rings. The summed E-state index contributed by atoms with van der Waals surface area (Å²) < 4.78 is 1.92. The van der Waals surface area contributed by atoms with Crippen LogP contribution >= 0.6 is 46.6 Å². The minimum Gasteiger partial charge on any atom is -0.324 e. The van der Waals surface area contributed by atoms with E-state index >= 15 is 0 Å². The smallest absolute Gasteiger partial charge is 0.234 e. The van der Waals surface area contributed by atoms with Crippen LogP contribution in [0, 0.1) is 0 Å². The van der Waals surface area contributed by atoms with Gasteiger partial charge in [-0.2, -0.15) is 0 Å². The predicted octanol–water partition coefficient (Wildman–Crippen LogP) is 5.66. The molecule has 5 nitrogen and oxygen atoms in total. The van der Waals surface area contributed by atoms with Crippen LogP contribution in [0.1, 0.15) is 6.92 Å². The first-order valence-electron chi connectivity index (χ1n) is 8.05. The van der Waals surface area contributed by atoms with Crippen molar-refractivity contribution in [2.24, 2.45) is 0 Å². The van der Waals surface area contributed by atoms with Gasteiger partial charge in [0.25, 0.3) is 0 Å². The van der Waals surface area contributed by atoms with Gasteiger partial charge in [-0.3, -0.25) is 4.79 Å². The van der Waals surface area contributed by atoms with E-state index in [1.165, 1.54) is 11.8 Å². The number of nitrogens with one attached hydrogen (secondary N) is 1. The lowest BCUT2D eigenvalue weighted by Gasteiger charge is -2.09. The van der Waals surface area contributed by atoms with E-state index in [1.54, 1.807) is 30.3 Å². The summed E-state index contributed by atoms with van der Waals surface area (Å²) in [7, 11) is 0. The second-order valence-electron chi connectivity index (χ2n) is 5.50. The molecule has 140 valence electrons. The molecule has 1 N–H and O–H groups in total. The van der Waals surface area contributed by atoms with Crippen LogP contribution in [-0.4, -0.2) is 26.4 Å². The van der Waals surface area contributed by atoms with Gasteiger partial charge in [0, 0.05) is 12.1 Å². The van der Waals surface area contributed by atoms with Gasteiger partial charge >= 0.3 is 0 Å². The lowest BCUT2D eigenvalue weighted by atomic mass is 10.2.